The van der Waals surface area contributed by atoms with Crippen molar-refractivity contribution >= 4 is 42.4 Å². The maximum Gasteiger partial charge on any atom is 0.264 e. The summed E-state index contributed by atoms with van der Waals surface area (Å²) in [6, 6.07) is 38.1. The lowest BCUT2D eigenvalue weighted by Gasteiger charge is -2.39. The first-order valence-electron chi connectivity index (χ1n) is 20.2. The predicted octanol–water partition coefficient (Wildman–Crippen LogP) is 7.05. The SMILES string of the molecule is COc1ccc([Si](C)(C)[C@@H]2[C@@H](CC(=O)N3Cc4ccccc4C[C@H]3CO)O[C@]3(C(=O)N(Cc4cccc(NC(=O)c5ccccc5)c4)c4ccc(OC)cc43)[C@H]2C)cc1. The van der Waals surface area contributed by atoms with Crippen LogP contribution in [0.15, 0.2) is 121 Å². The van der Waals surface area contributed by atoms with Gasteiger partial charge in [0.15, 0.2) is 5.60 Å². The molecule has 3 heterocycles. The third-order valence-electron chi connectivity index (χ3n) is 12.9. The van der Waals surface area contributed by atoms with Gasteiger partial charge in [-0.25, -0.2) is 0 Å². The minimum absolute atomic E-state index is 0.0533. The van der Waals surface area contributed by atoms with E-state index in [0.717, 1.165) is 27.6 Å². The summed E-state index contributed by atoms with van der Waals surface area (Å²) in [5.41, 5.74) is 4.02. The van der Waals surface area contributed by atoms with E-state index in [0.29, 0.717) is 41.2 Å². The van der Waals surface area contributed by atoms with Crippen LogP contribution in [0.1, 0.15) is 46.0 Å². The van der Waals surface area contributed by atoms with Gasteiger partial charge in [0.2, 0.25) is 5.91 Å². The second-order valence-corrected chi connectivity index (χ2v) is 21.2. The van der Waals surface area contributed by atoms with Crippen LogP contribution in [0.5, 0.6) is 11.5 Å². The van der Waals surface area contributed by atoms with Gasteiger partial charge >= 0.3 is 0 Å². The number of hydrogen-bond acceptors (Lipinski definition) is 7. The number of nitrogens with zero attached hydrogens (tertiary/aromatic N) is 2. The van der Waals surface area contributed by atoms with Gasteiger partial charge in [-0.3, -0.25) is 14.4 Å². The summed E-state index contributed by atoms with van der Waals surface area (Å²) in [5.74, 6) is 0.467. The average Bonchev–Trinajstić information content (AvgIpc) is 3.68. The van der Waals surface area contributed by atoms with Gasteiger partial charge in [0, 0.05) is 29.3 Å². The number of aliphatic hydroxyl groups is 1. The lowest BCUT2D eigenvalue weighted by Crippen LogP contribution is -2.52. The average molecular weight is 810 g/mol. The van der Waals surface area contributed by atoms with Crippen molar-refractivity contribution in [2.75, 3.05) is 31.0 Å². The number of anilines is 2. The zero-order chi connectivity index (χ0) is 41.5. The number of aliphatic hydroxyl groups excluding tert-OH is 1. The van der Waals surface area contributed by atoms with E-state index in [9.17, 15) is 14.7 Å². The highest BCUT2D eigenvalue weighted by Crippen LogP contribution is 2.60. The van der Waals surface area contributed by atoms with Crippen LogP contribution >= 0.6 is 0 Å². The molecule has 10 nitrogen and oxygen atoms in total. The van der Waals surface area contributed by atoms with Gasteiger partial charge in [0.05, 0.1) is 59.7 Å². The zero-order valence-corrected chi connectivity index (χ0v) is 35.2. The molecule has 1 fully saturated rings. The number of benzene rings is 5. The largest absolute Gasteiger partial charge is 0.497 e. The molecule has 2 N–H and O–H groups in total. The maximum atomic E-state index is 15.5. The Morgan fingerprint density at radius 2 is 1.56 bits per heavy atom. The Hall–Kier alpha value is -5.75. The molecule has 0 radical (unpaired) electrons. The number of carbonyl (C=O) groups is 3. The Labute approximate surface area is 346 Å². The molecular formula is C48H51N3O7Si. The van der Waals surface area contributed by atoms with Gasteiger partial charge in [-0.05, 0) is 83.2 Å². The van der Waals surface area contributed by atoms with Gasteiger partial charge < -0.3 is 34.4 Å². The molecule has 59 heavy (non-hydrogen) atoms. The van der Waals surface area contributed by atoms with Crippen molar-refractivity contribution in [3.8, 4) is 11.5 Å². The molecule has 3 aliphatic rings. The van der Waals surface area contributed by atoms with Crippen LogP contribution in [0.4, 0.5) is 11.4 Å². The summed E-state index contributed by atoms with van der Waals surface area (Å²) < 4.78 is 18.6. The Kier molecular flexibility index (Phi) is 10.9. The van der Waals surface area contributed by atoms with Crippen molar-refractivity contribution < 1.29 is 33.7 Å². The van der Waals surface area contributed by atoms with Crippen LogP contribution in [0.25, 0.3) is 0 Å². The highest BCUT2D eigenvalue weighted by Gasteiger charge is 2.66. The minimum Gasteiger partial charge on any atom is -0.497 e. The van der Waals surface area contributed by atoms with Crippen LogP contribution < -0.4 is 24.9 Å². The van der Waals surface area contributed by atoms with Gasteiger partial charge in [0.1, 0.15) is 11.5 Å². The van der Waals surface area contributed by atoms with E-state index in [1.165, 1.54) is 0 Å². The molecule has 11 heteroatoms. The molecular weight excluding hydrogens is 759 g/mol. The molecule has 0 unspecified atom stereocenters. The van der Waals surface area contributed by atoms with Crippen LogP contribution in [-0.2, 0) is 39.4 Å². The predicted molar refractivity (Wildman–Crippen MR) is 231 cm³/mol. The zero-order valence-electron chi connectivity index (χ0n) is 34.2. The van der Waals surface area contributed by atoms with Crippen LogP contribution in [0, 0.1) is 5.92 Å². The highest BCUT2D eigenvalue weighted by molar-refractivity contribution is 6.91. The third-order valence-corrected chi connectivity index (χ3v) is 17.2. The van der Waals surface area contributed by atoms with Crippen molar-refractivity contribution in [1.82, 2.24) is 4.90 Å². The molecule has 3 amide bonds. The number of amides is 3. The number of hydrogen-bond donors (Lipinski definition) is 2. The molecule has 5 atom stereocenters. The Balaban J connectivity index is 1.17. The van der Waals surface area contributed by atoms with Crippen molar-refractivity contribution in [2.45, 2.75) is 69.2 Å². The van der Waals surface area contributed by atoms with E-state index in [-0.39, 0.29) is 54.8 Å². The Bertz CT molecular complexity index is 2370. The molecule has 0 saturated carbocycles. The number of fused-ring (bicyclic) bond motifs is 3. The summed E-state index contributed by atoms with van der Waals surface area (Å²) >= 11 is 0. The van der Waals surface area contributed by atoms with Crippen molar-refractivity contribution in [2.24, 2.45) is 5.92 Å². The van der Waals surface area contributed by atoms with E-state index in [2.05, 4.69) is 43.5 Å². The first-order chi connectivity index (χ1) is 28.5. The molecule has 0 aromatic heterocycles. The van der Waals surface area contributed by atoms with Gasteiger partial charge in [0.25, 0.3) is 11.8 Å². The quantitative estimate of drug-likeness (QED) is 0.137. The van der Waals surface area contributed by atoms with Crippen molar-refractivity contribution in [3.05, 3.63) is 149 Å². The summed E-state index contributed by atoms with van der Waals surface area (Å²) in [7, 11) is 0.690. The van der Waals surface area contributed by atoms with E-state index in [1.807, 2.05) is 91.0 Å². The fourth-order valence-electron chi connectivity index (χ4n) is 9.83. The number of methoxy groups -OCH3 is 2. The van der Waals surface area contributed by atoms with Crippen LogP contribution in [0.3, 0.4) is 0 Å². The van der Waals surface area contributed by atoms with E-state index in [4.69, 9.17) is 14.2 Å². The topological polar surface area (TPSA) is 118 Å². The van der Waals surface area contributed by atoms with E-state index < -0.39 is 19.8 Å². The summed E-state index contributed by atoms with van der Waals surface area (Å²) in [6.07, 6.45) is 0.00669. The second-order valence-electron chi connectivity index (χ2n) is 16.5. The molecule has 0 bridgehead atoms. The molecule has 1 saturated heterocycles. The fourth-order valence-corrected chi connectivity index (χ4v) is 13.8. The molecule has 3 aliphatic heterocycles. The number of ether oxygens (including phenoxy) is 3. The smallest absolute Gasteiger partial charge is 0.264 e. The molecule has 304 valence electrons. The molecule has 5 aromatic carbocycles. The van der Waals surface area contributed by atoms with Gasteiger partial charge in [-0.15, -0.1) is 0 Å². The molecule has 5 aromatic rings. The second kappa shape index (κ2) is 16.1. The standard InChI is InChI=1S/C48H51N3O7Si/c1-31-45(59(4,5)40-21-18-38(56-2)19-22-40)43(27-44(53)50-29-35-16-10-9-15-34(35)25-37(50)30-52)58-48(31)41-26-39(57-3)20-23-42(41)51(47(48)55)28-32-12-11-17-36(24-32)49-46(54)33-13-7-6-8-14-33/h6-24,26,31,37,43,45,52H,25,27-30H2,1-5H3,(H,49,54)/t31-,37-,43+,45-,48+/m0/s1. The summed E-state index contributed by atoms with van der Waals surface area (Å²) in [5, 5.41) is 14.7. The lowest BCUT2D eigenvalue weighted by molar-refractivity contribution is -0.151. The maximum absolute atomic E-state index is 15.5. The monoisotopic (exact) mass is 809 g/mol. The third kappa shape index (κ3) is 7.21. The fraction of sp³-hybridized carbons (Fsp3) is 0.312. The van der Waals surface area contributed by atoms with Crippen LogP contribution in [-0.4, -0.2) is 68.8 Å². The molecule has 0 aliphatic carbocycles. The first-order valence-corrected chi connectivity index (χ1v) is 23.3. The van der Waals surface area contributed by atoms with Gasteiger partial charge in [-0.2, -0.15) is 0 Å². The Morgan fingerprint density at radius 1 is 0.864 bits per heavy atom. The molecule has 1 spiro atoms. The van der Waals surface area contributed by atoms with E-state index in [1.54, 1.807) is 36.2 Å². The Morgan fingerprint density at radius 3 is 2.27 bits per heavy atom. The number of carbonyl (C=O) groups excluding carboxylic acids is 3. The van der Waals surface area contributed by atoms with Crippen LogP contribution in [0.2, 0.25) is 18.6 Å². The number of rotatable bonds is 11. The van der Waals surface area contributed by atoms with Gasteiger partial charge in [-0.1, -0.05) is 91.9 Å². The minimum atomic E-state index is -2.56. The summed E-state index contributed by atoms with van der Waals surface area (Å²) in [4.78, 5) is 46.7. The molecule has 8 rings (SSSR count). The highest BCUT2D eigenvalue weighted by atomic mass is 28.3. The van der Waals surface area contributed by atoms with E-state index >= 15 is 4.79 Å². The lowest BCUT2D eigenvalue weighted by atomic mass is 9.82. The summed E-state index contributed by atoms with van der Waals surface area (Å²) in [6.45, 7) is 7.16. The normalized spacial score (nSPS) is 22.2. The number of nitrogens with one attached hydrogen (secondary N) is 1. The van der Waals surface area contributed by atoms with Crippen molar-refractivity contribution in [3.63, 3.8) is 0 Å². The van der Waals surface area contributed by atoms with Crippen molar-refractivity contribution in [1.29, 1.82) is 0 Å². The first kappa shape index (κ1) is 40.0.